The molecule has 19 aromatic carbocycles. The topological polar surface area (TPSA) is 37.9 Å². The fourth-order valence-corrected chi connectivity index (χ4v) is 22.6. The second-order valence-electron chi connectivity index (χ2n) is 34.3. The van der Waals surface area contributed by atoms with Gasteiger partial charge in [-0.3, -0.25) is 0 Å². The molecule has 0 N–H and O–H groups in total. The van der Waals surface area contributed by atoms with E-state index in [0.29, 0.717) is 0 Å². The molecule has 0 fully saturated rings. The standard InChI is InChI=1S/C37H24N2.C31H20N2.C25H16N2.C25H18N2/c1-38-31-15-9-8-14-28(31)35-32(38)18-19-33-36(35)30-21-26(24-12-6-3-7-13-24)20-29-27-17-16-25(23-10-4-2-5-11-23)22-34(27)39(33)37(29)30;1-32-25-13-7-6-12-22(25)29-27(32)15-16-28-30(29)24-18-20(19-9-3-2-4-10-19)17-23-21-11-5-8-14-26(21)33(28)31(23)24;1-26-19-11-4-3-8-17(19)23-21(26)13-14-22-24(23)18-10-6-9-16-15-7-2-5-12-20(15)27(22)25(16)18;1-26-22-11-5-2-10-20(22)21-16-17(14-15-23(21)26)27-24-12-6-3-8-18(24)19-9-4-7-13-25(19)27/h2-22H,1H3;2-18H,1H3;2-14H,1H3;2-16H,1H3. The Hall–Kier alpha value is -16.4. The van der Waals surface area contributed by atoms with E-state index >= 15 is 0 Å². The Labute approximate surface area is 722 Å². The molecule has 0 spiro atoms. The van der Waals surface area contributed by atoms with Crippen LogP contribution in [-0.2, 0) is 28.2 Å². The predicted octanol–water partition coefficient (Wildman–Crippen LogP) is 30.9. The predicted molar refractivity (Wildman–Crippen MR) is 536 cm³/mol. The van der Waals surface area contributed by atoms with E-state index in [0.717, 1.165) is 0 Å². The van der Waals surface area contributed by atoms with Gasteiger partial charge in [-0.15, -0.1) is 0 Å². The minimum atomic E-state index is 1.20. The van der Waals surface area contributed by atoms with Gasteiger partial charge in [-0.1, -0.05) is 267 Å². The van der Waals surface area contributed by atoms with Crippen LogP contribution in [0, 0.1) is 0 Å². The van der Waals surface area contributed by atoms with Gasteiger partial charge in [0.2, 0.25) is 0 Å². The molecule has 0 radical (unpaired) electrons. The number of para-hydroxylation sites is 9. The number of hydrogen-bond acceptors (Lipinski definition) is 0. The Morgan fingerprint density at radius 2 is 0.413 bits per heavy atom. The number of hydrogen-bond donors (Lipinski definition) is 0. The molecular weight excluding hydrogens is 1530 g/mol. The first-order valence-electron chi connectivity index (χ1n) is 43.6. The Balaban J connectivity index is 0.0000000883. The van der Waals surface area contributed by atoms with Gasteiger partial charge in [-0.25, -0.2) is 0 Å². The maximum Gasteiger partial charge on any atom is 0.0621 e. The van der Waals surface area contributed by atoms with Crippen molar-refractivity contribution in [2.24, 2.45) is 28.2 Å². The van der Waals surface area contributed by atoms with E-state index in [1.54, 1.807) is 0 Å². The molecule has 11 heterocycles. The first-order valence-corrected chi connectivity index (χ1v) is 43.6. The van der Waals surface area contributed by atoms with Crippen LogP contribution in [0.3, 0.4) is 0 Å². The SMILES string of the molecule is Cn1c2ccccc2c2c3c4cc(-c5ccccc5)cc5c6ccc(-c7ccccc7)cc6n(c3ccc21)c54.Cn1c2ccccc2c2c3c4cc(-c5ccccc5)cc5c6ccccc6n(c3ccc21)c54.Cn1c2ccccc2c2c3c4cccc5c6ccccc6n(c3ccc21)c54.Cn1c2ccccc2c2cc(-n3c4ccccc4c4ccccc43)ccc21. The summed E-state index contributed by atoms with van der Waals surface area (Å²) in [5.74, 6) is 0. The molecule has 0 amide bonds. The van der Waals surface area contributed by atoms with Gasteiger partial charge in [-0.2, -0.15) is 0 Å². The number of aryl methyl sites for hydroxylation is 4. The van der Waals surface area contributed by atoms with Crippen LogP contribution < -0.4 is 0 Å². The molecule has 0 aliphatic carbocycles. The highest BCUT2D eigenvalue weighted by molar-refractivity contribution is 6.37. The van der Waals surface area contributed by atoms with Gasteiger partial charge in [0.25, 0.3) is 0 Å². The summed E-state index contributed by atoms with van der Waals surface area (Å²) in [5, 5.41) is 29.2. The zero-order valence-electron chi connectivity index (χ0n) is 69.7. The summed E-state index contributed by atoms with van der Waals surface area (Å²) in [6.45, 7) is 0. The van der Waals surface area contributed by atoms with Crippen LogP contribution in [-0.4, -0.2) is 36.0 Å². The van der Waals surface area contributed by atoms with Crippen LogP contribution in [0.4, 0.5) is 0 Å². The molecular formula is C118H78N8. The monoisotopic (exact) mass is 1610 g/mol. The fraction of sp³-hybridized carbons (Fsp3) is 0.0339. The third kappa shape index (κ3) is 9.72. The number of rotatable bonds is 4. The zero-order valence-corrected chi connectivity index (χ0v) is 69.7. The molecule has 0 saturated carbocycles. The largest absolute Gasteiger partial charge is 0.344 e. The van der Waals surface area contributed by atoms with E-state index in [4.69, 9.17) is 0 Å². The maximum atomic E-state index is 2.51. The summed E-state index contributed by atoms with van der Waals surface area (Å²) >= 11 is 0. The maximum absolute atomic E-state index is 2.51. The summed E-state index contributed by atoms with van der Waals surface area (Å²) in [5.41, 5.74) is 33.1. The van der Waals surface area contributed by atoms with Crippen molar-refractivity contribution >= 4 is 223 Å². The minimum Gasteiger partial charge on any atom is -0.344 e. The number of nitrogens with zero attached hydrogens (tertiary/aromatic N) is 8. The van der Waals surface area contributed by atoms with Gasteiger partial charge >= 0.3 is 0 Å². The van der Waals surface area contributed by atoms with E-state index in [9.17, 15) is 0 Å². The van der Waals surface area contributed by atoms with Crippen molar-refractivity contribution in [3.8, 4) is 39.1 Å². The summed E-state index contributed by atoms with van der Waals surface area (Å²) < 4.78 is 19.1. The molecule has 30 aromatic rings. The highest BCUT2D eigenvalue weighted by Gasteiger charge is 2.28. The molecule has 0 bridgehead atoms. The summed E-state index contributed by atoms with van der Waals surface area (Å²) in [6, 6.07) is 146. The van der Waals surface area contributed by atoms with Crippen molar-refractivity contribution in [2.45, 2.75) is 0 Å². The molecule has 30 rings (SSSR count). The van der Waals surface area contributed by atoms with Crippen LogP contribution >= 0.6 is 0 Å². The highest BCUT2D eigenvalue weighted by Crippen LogP contribution is 2.51. The lowest BCUT2D eigenvalue weighted by Crippen LogP contribution is -1.94. The number of fused-ring (bicyclic) bond motifs is 36. The fourth-order valence-electron chi connectivity index (χ4n) is 22.6. The van der Waals surface area contributed by atoms with Crippen LogP contribution in [0.1, 0.15) is 0 Å². The van der Waals surface area contributed by atoms with Gasteiger partial charge in [-0.05, 0) is 167 Å². The van der Waals surface area contributed by atoms with Crippen molar-refractivity contribution in [2.75, 3.05) is 0 Å². The summed E-state index contributed by atoms with van der Waals surface area (Å²) in [4.78, 5) is 0. The smallest absolute Gasteiger partial charge is 0.0621 e. The Morgan fingerprint density at radius 3 is 0.865 bits per heavy atom. The molecule has 126 heavy (non-hydrogen) atoms. The van der Waals surface area contributed by atoms with Crippen molar-refractivity contribution in [1.82, 2.24) is 36.0 Å². The van der Waals surface area contributed by atoms with Crippen LogP contribution in [0.2, 0.25) is 0 Å². The third-order valence-electron chi connectivity index (χ3n) is 28.1. The molecule has 11 aromatic heterocycles. The summed E-state index contributed by atoms with van der Waals surface area (Å²) in [7, 11) is 8.68. The molecule has 0 aliphatic rings. The van der Waals surface area contributed by atoms with Crippen LogP contribution in [0.15, 0.2) is 400 Å². The lowest BCUT2D eigenvalue weighted by atomic mass is 9.97. The first kappa shape index (κ1) is 70.3. The first-order chi connectivity index (χ1) is 62.3. The van der Waals surface area contributed by atoms with Crippen molar-refractivity contribution < 1.29 is 0 Å². The van der Waals surface area contributed by atoms with Crippen molar-refractivity contribution in [3.63, 3.8) is 0 Å². The van der Waals surface area contributed by atoms with E-state index in [2.05, 4.69) is 465 Å². The average Bonchev–Trinajstić information content (AvgIpc) is 1.53. The van der Waals surface area contributed by atoms with E-state index in [1.165, 1.54) is 262 Å². The third-order valence-corrected chi connectivity index (χ3v) is 28.1. The lowest BCUT2D eigenvalue weighted by molar-refractivity contribution is 1.01. The number of aromatic nitrogens is 8. The normalized spacial score (nSPS) is 12.3. The highest BCUT2D eigenvalue weighted by atomic mass is 15.0. The molecule has 0 atom stereocenters. The van der Waals surface area contributed by atoms with Crippen molar-refractivity contribution in [3.05, 3.63) is 400 Å². The molecule has 8 heteroatoms. The molecule has 590 valence electrons. The number of benzene rings is 19. The van der Waals surface area contributed by atoms with Crippen LogP contribution in [0.5, 0.6) is 0 Å². The average molecular weight is 1610 g/mol. The second kappa shape index (κ2) is 26.5. The Bertz CT molecular complexity index is 9730. The molecule has 8 nitrogen and oxygen atoms in total. The minimum absolute atomic E-state index is 1.20. The second-order valence-corrected chi connectivity index (χ2v) is 34.3. The quantitative estimate of drug-likeness (QED) is 0.168. The lowest BCUT2D eigenvalue weighted by Gasteiger charge is -2.08. The zero-order chi connectivity index (χ0) is 83.0. The summed E-state index contributed by atoms with van der Waals surface area (Å²) in [6.07, 6.45) is 0. The van der Waals surface area contributed by atoms with E-state index in [1.807, 2.05) is 0 Å². The Kier molecular flexibility index (Phi) is 14.8. The molecule has 0 saturated heterocycles. The van der Waals surface area contributed by atoms with Gasteiger partial charge in [0.15, 0.2) is 0 Å². The van der Waals surface area contributed by atoms with Crippen LogP contribution in [0.25, 0.3) is 262 Å². The van der Waals surface area contributed by atoms with E-state index in [-0.39, 0.29) is 0 Å². The van der Waals surface area contributed by atoms with Gasteiger partial charge in [0, 0.05) is 197 Å². The molecule has 0 unspecified atom stereocenters. The van der Waals surface area contributed by atoms with Crippen molar-refractivity contribution in [1.29, 1.82) is 0 Å². The Morgan fingerprint density at radius 1 is 0.135 bits per heavy atom. The van der Waals surface area contributed by atoms with Gasteiger partial charge in [0.1, 0.15) is 0 Å². The van der Waals surface area contributed by atoms with Gasteiger partial charge < -0.3 is 36.0 Å². The van der Waals surface area contributed by atoms with E-state index < -0.39 is 0 Å². The van der Waals surface area contributed by atoms with Gasteiger partial charge in [0.05, 0.1) is 60.7 Å². The molecule has 0 aliphatic heterocycles.